The van der Waals surface area contributed by atoms with E-state index in [9.17, 15) is 14.7 Å². The molecular formula is C17H24N4O3. The lowest BCUT2D eigenvalue weighted by Crippen LogP contribution is -2.48. The van der Waals surface area contributed by atoms with E-state index in [1.165, 1.54) is 11.3 Å². The number of anilines is 1. The van der Waals surface area contributed by atoms with Crippen molar-refractivity contribution in [3.63, 3.8) is 0 Å². The normalized spacial score (nSPS) is 21.6. The van der Waals surface area contributed by atoms with Crippen LogP contribution in [0.1, 0.15) is 54.6 Å². The maximum absolute atomic E-state index is 12.8. The van der Waals surface area contributed by atoms with Gasteiger partial charge in [-0.05, 0) is 45.4 Å². The molecule has 0 spiro atoms. The molecule has 24 heavy (non-hydrogen) atoms. The molecule has 1 atom stereocenters. The number of nitrogens with zero attached hydrogens (tertiary/aromatic N) is 4. The summed E-state index contributed by atoms with van der Waals surface area (Å²) in [4.78, 5) is 36.7. The zero-order valence-electron chi connectivity index (χ0n) is 14.1. The van der Waals surface area contributed by atoms with Crippen molar-refractivity contribution in [1.29, 1.82) is 0 Å². The number of aromatic nitrogens is 2. The molecule has 0 aliphatic carbocycles. The molecule has 1 aromatic heterocycles. The van der Waals surface area contributed by atoms with Crippen molar-refractivity contribution < 1.29 is 14.7 Å². The SMILES string of the molecule is Cc1nc(N2CCCCC2)ncc1C(=O)N1CCCC[C@H]1C(=O)O. The van der Waals surface area contributed by atoms with Gasteiger partial charge in [0.2, 0.25) is 5.95 Å². The molecule has 0 unspecified atom stereocenters. The first-order chi connectivity index (χ1) is 11.6. The van der Waals surface area contributed by atoms with Gasteiger partial charge in [-0.15, -0.1) is 0 Å². The summed E-state index contributed by atoms with van der Waals surface area (Å²) in [6.45, 7) is 4.16. The number of amides is 1. The Labute approximate surface area is 141 Å². The molecular weight excluding hydrogens is 308 g/mol. The van der Waals surface area contributed by atoms with Gasteiger partial charge in [0.25, 0.3) is 5.91 Å². The smallest absolute Gasteiger partial charge is 0.326 e. The van der Waals surface area contributed by atoms with Crippen molar-refractivity contribution >= 4 is 17.8 Å². The summed E-state index contributed by atoms with van der Waals surface area (Å²) >= 11 is 0. The zero-order chi connectivity index (χ0) is 17.1. The fourth-order valence-corrected chi connectivity index (χ4v) is 3.50. The van der Waals surface area contributed by atoms with Gasteiger partial charge in [-0.3, -0.25) is 4.79 Å². The van der Waals surface area contributed by atoms with E-state index >= 15 is 0 Å². The molecule has 2 aliphatic heterocycles. The number of carbonyl (C=O) groups is 2. The summed E-state index contributed by atoms with van der Waals surface area (Å²) in [5.41, 5.74) is 1.02. The van der Waals surface area contributed by atoms with Crippen LogP contribution in [-0.4, -0.2) is 57.5 Å². The maximum atomic E-state index is 12.8. The summed E-state index contributed by atoms with van der Waals surface area (Å²) in [5.74, 6) is -0.548. The number of aliphatic carboxylic acids is 1. The molecule has 130 valence electrons. The van der Waals surface area contributed by atoms with Gasteiger partial charge < -0.3 is 14.9 Å². The van der Waals surface area contributed by atoms with Crippen LogP contribution in [0.4, 0.5) is 5.95 Å². The van der Waals surface area contributed by atoms with Gasteiger partial charge >= 0.3 is 5.97 Å². The lowest BCUT2D eigenvalue weighted by atomic mass is 10.0. The minimum Gasteiger partial charge on any atom is -0.480 e. The van der Waals surface area contributed by atoms with E-state index in [1.807, 2.05) is 0 Å². The minimum atomic E-state index is -0.938. The Kier molecular flexibility index (Phi) is 4.97. The number of carboxylic acids is 1. The van der Waals surface area contributed by atoms with Gasteiger partial charge in [0.15, 0.2) is 0 Å². The Morgan fingerprint density at radius 2 is 1.83 bits per heavy atom. The molecule has 1 aromatic rings. The van der Waals surface area contributed by atoms with Crippen molar-refractivity contribution in [2.45, 2.75) is 51.5 Å². The van der Waals surface area contributed by atoms with Crippen LogP contribution in [0.25, 0.3) is 0 Å². The second-order valence-electron chi connectivity index (χ2n) is 6.57. The molecule has 3 heterocycles. The third kappa shape index (κ3) is 3.34. The summed E-state index contributed by atoms with van der Waals surface area (Å²) in [5, 5.41) is 9.36. The third-order valence-corrected chi connectivity index (χ3v) is 4.88. The molecule has 7 nitrogen and oxygen atoms in total. The zero-order valence-corrected chi connectivity index (χ0v) is 14.1. The predicted octanol–water partition coefficient (Wildman–Crippen LogP) is 1.85. The number of carboxylic acid groups (broad SMARTS) is 1. The first kappa shape index (κ1) is 16.7. The van der Waals surface area contributed by atoms with Crippen LogP contribution < -0.4 is 4.90 Å². The minimum absolute atomic E-state index is 0.273. The quantitative estimate of drug-likeness (QED) is 0.909. The van der Waals surface area contributed by atoms with Gasteiger partial charge in [0.1, 0.15) is 6.04 Å². The highest BCUT2D eigenvalue weighted by molar-refractivity contribution is 5.97. The lowest BCUT2D eigenvalue weighted by molar-refractivity contribution is -0.143. The second-order valence-corrected chi connectivity index (χ2v) is 6.57. The summed E-state index contributed by atoms with van der Waals surface area (Å²) in [6.07, 6.45) is 7.24. The Hall–Kier alpha value is -2.18. The lowest BCUT2D eigenvalue weighted by Gasteiger charge is -2.33. The molecule has 0 saturated carbocycles. The summed E-state index contributed by atoms with van der Waals surface area (Å²) in [7, 11) is 0. The number of carbonyl (C=O) groups excluding carboxylic acids is 1. The van der Waals surface area contributed by atoms with Crippen LogP contribution in [0.15, 0.2) is 6.20 Å². The first-order valence-electron chi connectivity index (χ1n) is 8.70. The summed E-state index contributed by atoms with van der Waals surface area (Å²) < 4.78 is 0. The van der Waals surface area contributed by atoms with Crippen LogP contribution >= 0.6 is 0 Å². The van der Waals surface area contributed by atoms with E-state index < -0.39 is 12.0 Å². The molecule has 2 aliphatic rings. The Balaban J connectivity index is 1.80. The number of likely N-dealkylation sites (tertiary alicyclic amines) is 1. The molecule has 0 bridgehead atoms. The van der Waals surface area contributed by atoms with E-state index in [0.717, 1.165) is 38.8 Å². The van der Waals surface area contributed by atoms with Gasteiger partial charge in [-0.2, -0.15) is 0 Å². The summed E-state index contributed by atoms with van der Waals surface area (Å²) in [6, 6.07) is -0.743. The molecule has 0 radical (unpaired) electrons. The van der Waals surface area contributed by atoms with Gasteiger partial charge in [-0.25, -0.2) is 14.8 Å². The van der Waals surface area contributed by atoms with Crippen LogP contribution in [0.5, 0.6) is 0 Å². The van der Waals surface area contributed by atoms with E-state index in [0.29, 0.717) is 30.2 Å². The van der Waals surface area contributed by atoms with Crippen molar-refractivity contribution in [2.75, 3.05) is 24.5 Å². The highest BCUT2D eigenvalue weighted by Gasteiger charge is 2.33. The van der Waals surface area contributed by atoms with Crippen molar-refractivity contribution in [3.8, 4) is 0 Å². The topological polar surface area (TPSA) is 86.6 Å². The predicted molar refractivity (Wildman–Crippen MR) is 89.1 cm³/mol. The maximum Gasteiger partial charge on any atom is 0.326 e. The van der Waals surface area contributed by atoms with Gasteiger partial charge in [0, 0.05) is 25.8 Å². The highest BCUT2D eigenvalue weighted by Crippen LogP contribution is 2.22. The number of aryl methyl sites for hydroxylation is 1. The third-order valence-electron chi connectivity index (χ3n) is 4.88. The van der Waals surface area contributed by atoms with Crippen molar-refractivity contribution in [1.82, 2.24) is 14.9 Å². The van der Waals surface area contributed by atoms with Gasteiger partial charge in [-0.1, -0.05) is 0 Å². The molecule has 7 heteroatoms. The molecule has 3 rings (SSSR count). The number of piperidine rings is 2. The molecule has 2 fully saturated rings. The van der Waals surface area contributed by atoms with Crippen molar-refractivity contribution in [2.24, 2.45) is 0 Å². The number of hydrogen-bond acceptors (Lipinski definition) is 5. The van der Waals surface area contributed by atoms with Crippen molar-refractivity contribution in [3.05, 3.63) is 17.5 Å². The van der Waals surface area contributed by atoms with Crippen LogP contribution in [0.3, 0.4) is 0 Å². The molecule has 1 N–H and O–H groups in total. The van der Waals surface area contributed by atoms with E-state index in [1.54, 1.807) is 13.1 Å². The Morgan fingerprint density at radius 1 is 1.12 bits per heavy atom. The van der Waals surface area contributed by atoms with E-state index in [4.69, 9.17) is 0 Å². The van der Waals surface area contributed by atoms with Crippen LogP contribution in [0, 0.1) is 6.92 Å². The van der Waals surface area contributed by atoms with E-state index in [-0.39, 0.29) is 5.91 Å². The second kappa shape index (κ2) is 7.15. The highest BCUT2D eigenvalue weighted by atomic mass is 16.4. The first-order valence-corrected chi connectivity index (χ1v) is 8.70. The molecule has 0 aromatic carbocycles. The fourth-order valence-electron chi connectivity index (χ4n) is 3.50. The van der Waals surface area contributed by atoms with E-state index in [2.05, 4.69) is 14.9 Å². The largest absolute Gasteiger partial charge is 0.480 e. The molecule has 1 amide bonds. The Morgan fingerprint density at radius 3 is 2.50 bits per heavy atom. The monoisotopic (exact) mass is 332 g/mol. The van der Waals surface area contributed by atoms with Crippen LogP contribution in [-0.2, 0) is 4.79 Å². The number of rotatable bonds is 3. The fraction of sp³-hybridized carbons (Fsp3) is 0.647. The Bertz CT molecular complexity index is 628. The average Bonchev–Trinajstić information content (AvgIpc) is 2.62. The number of hydrogen-bond donors (Lipinski definition) is 1. The standard InChI is InChI=1S/C17H24N4O3/c1-12-13(11-18-17(19-12)20-8-4-2-5-9-20)15(22)21-10-6-3-7-14(21)16(23)24/h11,14H,2-10H2,1H3,(H,23,24)/t14-/m0/s1. The molecule has 2 saturated heterocycles. The van der Waals surface area contributed by atoms with Crippen LogP contribution in [0.2, 0.25) is 0 Å². The average molecular weight is 332 g/mol. The van der Waals surface area contributed by atoms with Gasteiger partial charge in [0.05, 0.1) is 11.3 Å².